The lowest BCUT2D eigenvalue weighted by atomic mass is 9.91. The molecule has 5 heteroatoms. The van der Waals surface area contributed by atoms with Gasteiger partial charge in [-0.25, -0.2) is 4.98 Å². The summed E-state index contributed by atoms with van der Waals surface area (Å²) in [5.41, 5.74) is 5.65. The predicted molar refractivity (Wildman–Crippen MR) is 85.2 cm³/mol. The fourth-order valence-corrected chi connectivity index (χ4v) is 2.39. The Bertz CT molecular complexity index is 510. The molecule has 4 rings (SSSR count). The zero-order valence-corrected chi connectivity index (χ0v) is 12.3. The smallest absolute Gasteiger partial charge is 0.131 e. The molecule has 0 aliphatic carbocycles. The molecular weight excluding hydrogens is 281 g/mol. The summed E-state index contributed by atoms with van der Waals surface area (Å²) in [4.78, 5) is 6.51. The highest BCUT2D eigenvalue weighted by Crippen LogP contribution is 2.28. The van der Waals surface area contributed by atoms with Gasteiger partial charge in [-0.2, -0.15) is 0 Å². The summed E-state index contributed by atoms with van der Waals surface area (Å²) in [5, 5.41) is 2.16. The summed E-state index contributed by atoms with van der Waals surface area (Å²) in [5.74, 6) is 0.600. The van der Waals surface area contributed by atoms with Crippen LogP contribution in [0, 0.1) is 0 Å². The minimum atomic E-state index is 0. The largest absolute Gasteiger partial charge is 0.383 e. The zero-order valence-electron chi connectivity index (χ0n) is 10.7. The first kappa shape index (κ1) is 16.0. The fraction of sp³-hybridized carbons (Fsp3) is 0.357. The van der Waals surface area contributed by atoms with E-state index in [1.54, 1.807) is 6.20 Å². The number of nitrogens with zero attached hydrogens (tertiary/aromatic N) is 2. The van der Waals surface area contributed by atoms with Crippen LogP contribution in [0.1, 0.15) is 12.8 Å². The van der Waals surface area contributed by atoms with Gasteiger partial charge in [-0.3, -0.25) is 0 Å². The number of pyridine rings is 1. The third-order valence-corrected chi connectivity index (χ3v) is 3.72. The molecule has 0 bridgehead atoms. The molecule has 0 radical (unpaired) electrons. The second-order valence-electron chi connectivity index (χ2n) is 4.68. The van der Waals surface area contributed by atoms with Crippen LogP contribution in [0.2, 0.25) is 0 Å². The van der Waals surface area contributed by atoms with Crippen molar-refractivity contribution in [2.24, 2.45) is 0 Å². The molecule has 2 aliphatic heterocycles. The van der Waals surface area contributed by atoms with Crippen LogP contribution in [0.25, 0.3) is 10.8 Å². The van der Waals surface area contributed by atoms with E-state index in [-0.39, 0.29) is 24.8 Å². The molecule has 2 fully saturated rings. The standard InChI is InChI=1S/C9H8N2.C5H9N.2ClH/c10-9-8-4-2-1-3-7(8)5-6-11-9;1-3-6-4-2-5(1)6;;/h1-6H,(H2,10,11);5H,1-4H2;2*1H. The van der Waals surface area contributed by atoms with Crippen LogP contribution in [0.15, 0.2) is 36.5 Å². The first-order valence-corrected chi connectivity index (χ1v) is 6.18. The number of halogens is 2. The van der Waals surface area contributed by atoms with Crippen LogP contribution in [-0.4, -0.2) is 29.0 Å². The Balaban J connectivity index is 0.000000194. The van der Waals surface area contributed by atoms with E-state index in [1.807, 2.05) is 30.3 Å². The van der Waals surface area contributed by atoms with Crippen molar-refractivity contribution in [3.05, 3.63) is 36.5 Å². The number of piperidine rings is 1. The maximum atomic E-state index is 5.65. The van der Waals surface area contributed by atoms with E-state index in [1.165, 1.54) is 25.9 Å². The topological polar surface area (TPSA) is 42.1 Å². The highest BCUT2D eigenvalue weighted by molar-refractivity contribution is 5.90. The molecule has 2 saturated heterocycles. The Kier molecular flexibility index (Phi) is 5.85. The molecular formula is C14H19Cl2N3. The van der Waals surface area contributed by atoms with Gasteiger partial charge in [0, 0.05) is 17.6 Å². The van der Waals surface area contributed by atoms with Crippen molar-refractivity contribution in [3.8, 4) is 0 Å². The molecule has 2 N–H and O–H groups in total. The minimum absolute atomic E-state index is 0. The third-order valence-electron chi connectivity index (χ3n) is 3.72. The van der Waals surface area contributed by atoms with Gasteiger partial charge in [0.2, 0.25) is 0 Å². The van der Waals surface area contributed by atoms with Gasteiger partial charge in [0.15, 0.2) is 0 Å². The minimum Gasteiger partial charge on any atom is -0.383 e. The lowest BCUT2D eigenvalue weighted by Gasteiger charge is -2.50. The van der Waals surface area contributed by atoms with Crippen LogP contribution in [0.4, 0.5) is 5.82 Å². The average Bonchev–Trinajstić information content (AvgIpc) is 2.35. The van der Waals surface area contributed by atoms with Gasteiger partial charge < -0.3 is 10.6 Å². The maximum Gasteiger partial charge on any atom is 0.131 e. The number of anilines is 1. The second kappa shape index (κ2) is 6.94. The van der Waals surface area contributed by atoms with Crippen molar-refractivity contribution >= 4 is 41.4 Å². The summed E-state index contributed by atoms with van der Waals surface area (Å²) >= 11 is 0. The molecule has 104 valence electrons. The molecule has 1 aromatic carbocycles. The molecule has 0 unspecified atom stereocenters. The lowest BCUT2D eigenvalue weighted by molar-refractivity contribution is -0.00222. The number of hydrogen-bond donors (Lipinski definition) is 1. The summed E-state index contributed by atoms with van der Waals surface area (Å²) in [7, 11) is 0. The molecule has 0 saturated carbocycles. The number of hydrogen-bond acceptors (Lipinski definition) is 3. The summed E-state index contributed by atoms with van der Waals surface area (Å²) in [6.07, 6.45) is 4.69. The summed E-state index contributed by atoms with van der Waals surface area (Å²) < 4.78 is 0. The number of rotatable bonds is 0. The van der Waals surface area contributed by atoms with Gasteiger partial charge in [-0.1, -0.05) is 24.3 Å². The molecule has 0 amide bonds. The van der Waals surface area contributed by atoms with Gasteiger partial charge in [-0.15, -0.1) is 24.8 Å². The zero-order chi connectivity index (χ0) is 11.7. The average molecular weight is 300 g/mol. The Labute approximate surface area is 126 Å². The van der Waals surface area contributed by atoms with Crippen LogP contribution in [0.3, 0.4) is 0 Å². The van der Waals surface area contributed by atoms with E-state index in [9.17, 15) is 0 Å². The number of benzene rings is 1. The van der Waals surface area contributed by atoms with E-state index in [0.717, 1.165) is 16.8 Å². The normalized spacial score (nSPS) is 16.6. The molecule has 0 spiro atoms. The van der Waals surface area contributed by atoms with Gasteiger partial charge in [0.25, 0.3) is 0 Å². The van der Waals surface area contributed by atoms with Crippen molar-refractivity contribution in [1.29, 1.82) is 0 Å². The van der Waals surface area contributed by atoms with Crippen molar-refractivity contribution in [2.75, 3.05) is 18.8 Å². The molecule has 1 aromatic heterocycles. The molecule has 3 heterocycles. The number of fused-ring (bicyclic) bond motifs is 2. The summed E-state index contributed by atoms with van der Waals surface area (Å²) in [6.45, 7) is 2.79. The predicted octanol–water partition coefficient (Wildman–Crippen LogP) is 3.13. The second-order valence-corrected chi connectivity index (χ2v) is 4.68. The summed E-state index contributed by atoms with van der Waals surface area (Å²) in [6, 6.07) is 10.9. The Hall–Kier alpha value is -1.03. The molecule has 19 heavy (non-hydrogen) atoms. The van der Waals surface area contributed by atoms with E-state index < -0.39 is 0 Å². The van der Waals surface area contributed by atoms with Crippen LogP contribution < -0.4 is 5.73 Å². The van der Waals surface area contributed by atoms with Crippen LogP contribution in [0.5, 0.6) is 0 Å². The highest BCUT2D eigenvalue weighted by atomic mass is 35.5. The molecule has 3 nitrogen and oxygen atoms in total. The van der Waals surface area contributed by atoms with Gasteiger partial charge in [0.1, 0.15) is 5.82 Å². The number of nitrogen functional groups attached to an aromatic ring is 1. The van der Waals surface area contributed by atoms with E-state index in [2.05, 4.69) is 9.88 Å². The van der Waals surface area contributed by atoms with E-state index >= 15 is 0 Å². The lowest BCUT2D eigenvalue weighted by Crippen LogP contribution is -2.57. The number of nitrogens with two attached hydrogens (primary N) is 1. The van der Waals surface area contributed by atoms with Gasteiger partial charge in [-0.05, 0) is 37.4 Å². The molecule has 2 aromatic rings. The van der Waals surface area contributed by atoms with Crippen LogP contribution in [-0.2, 0) is 0 Å². The first-order chi connectivity index (χ1) is 8.34. The fourth-order valence-electron chi connectivity index (χ4n) is 2.39. The van der Waals surface area contributed by atoms with Crippen molar-refractivity contribution < 1.29 is 0 Å². The van der Waals surface area contributed by atoms with Crippen molar-refractivity contribution in [3.63, 3.8) is 0 Å². The van der Waals surface area contributed by atoms with E-state index in [4.69, 9.17) is 5.73 Å². The molecule has 0 atom stereocenters. The number of aromatic nitrogens is 1. The Morgan fingerprint density at radius 3 is 2.16 bits per heavy atom. The van der Waals surface area contributed by atoms with Crippen LogP contribution >= 0.6 is 24.8 Å². The van der Waals surface area contributed by atoms with Gasteiger partial charge in [0.05, 0.1) is 0 Å². The van der Waals surface area contributed by atoms with Crippen molar-refractivity contribution in [2.45, 2.75) is 18.9 Å². The third kappa shape index (κ3) is 3.30. The Morgan fingerprint density at radius 2 is 1.68 bits per heavy atom. The monoisotopic (exact) mass is 299 g/mol. The first-order valence-electron chi connectivity index (χ1n) is 6.18. The van der Waals surface area contributed by atoms with Crippen molar-refractivity contribution in [1.82, 2.24) is 9.88 Å². The highest BCUT2D eigenvalue weighted by Gasteiger charge is 2.34. The SMILES string of the molecule is C1CN2CCC12.Cl.Cl.Nc1nccc2ccccc12. The Morgan fingerprint density at radius 1 is 1.05 bits per heavy atom. The quantitative estimate of drug-likeness (QED) is 0.813. The van der Waals surface area contributed by atoms with E-state index in [0.29, 0.717) is 5.82 Å². The maximum absolute atomic E-state index is 5.65. The molecule has 2 aliphatic rings. The van der Waals surface area contributed by atoms with Gasteiger partial charge >= 0.3 is 0 Å².